The Morgan fingerprint density at radius 2 is 1.87 bits per heavy atom. The number of hydrogen-bond donors (Lipinski definition) is 6. The van der Waals surface area contributed by atoms with E-state index in [0.717, 1.165) is 0 Å². The van der Waals surface area contributed by atoms with Gasteiger partial charge >= 0.3 is 0 Å². The summed E-state index contributed by atoms with van der Waals surface area (Å²) in [5, 5.41) is 46.3. The molecule has 15 heavy (non-hydrogen) atoms. The third-order valence-corrected chi connectivity index (χ3v) is 2.97. The Kier molecular flexibility index (Phi) is 3.99. The quantitative estimate of drug-likeness (QED) is 0.297. The van der Waals surface area contributed by atoms with Gasteiger partial charge in [0.05, 0.1) is 11.9 Å². The van der Waals surface area contributed by atoms with Gasteiger partial charge in [0.15, 0.2) is 0 Å². The molecule has 0 aliphatic carbocycles. The second kappa shape index (κ2) is 4.54. The molecule has 1 heterocycles. The van der Waals surface area contributed by atoms with Crippen LogP contribution in [0, 0.1) is 0 Å². The molecule has 0 spiro atoms. The number of aliphatic hydroxyl groups is 5. The first-order valence-corrected chi connectivity index (χ1v) is 5.09. The number of ether oxygens (including phenoxy) is 1. The van der Waals surface area contributed by atoms with Crippen LogP contribution < -0.4 is 0 Å². The Hall–Kier alpha value is 0.110. The van der Waals surface area contributed by atoms with Gasteiger partial charge in [-0.25, -0.2) is 0 Å². The van der Waals surface area contributed by atoms with Crippen molar-refractivity contribution in [2.75, 3.05) is 6.61 Å². The molecule has 90 valence electrons. The van der Waals surface area contributed by atoms with E-state index in [-0.39, 0.29) is 0 Å². The Morgan fingerprint density at radius 1 is 1.33 bits per heavy atom. The van der Waals surface area contributed by atoms with Gasteiger partial charge < -0.3 is 30.3 Å². The molecule has 0 radical (unpaired) electrons. The number of thiol groups is 1. The highest BCUT2D eigenvalue weighted by atomic mass is 32.1. The standard InChI is InChI=1S/C8H16O6S/c1-3(15)8(13)7(12)6(11)5(10)4(2-9)14-8/h3-7,9-13,15H,2H2,1H3/t3?,4-,5-,6+,7+,8-/m1/s1. The molecule has 7 heteroatoms. The van der Waals surface area contributed by atoms with Crippen LogP contribution in [0.2, 0.25) is 0 Å². The predicted molar refractivity (Wildman–Crippen MR) is 53.4 cm³/mol. The summed E-state index contributed by atoms with van der Waals surface area (Å²) in [7, 11) is 0. The summed E-state index contributed by atoms with van der Waals surface area (Å²) in [4.78, 5) is 0. The van der Waals surface area contributed by atoms with E-state index in [4.69, 9.17) is 9.84 Å². The fraction of sp³-hybridized carbons (Fsp3) is 1.00. The lowest BCUT2D eigenvalue weighted by Crippen LogP contribution is -2.67. The van der Waals surface area contributed by atoms with Crippen LogP contribution in [0.4, 0.5) is 0 Å². The molecule has 1 aliphatic heterocycles. The largest absolute Gasteiger partial charge is 0.394 e. The number of rotatable bonds is 2. The molecule has 5 N–H and O–H groups in total. The van der Waals surface area contributed by atoms with Crippen LogP contribution in [-0.4, -0.2) is 67.6 Å². The van der Waals surface area contributed by atoms with Crippen molar-refractivity contribution in [2.24, 2.45) is 0 Å². The van der Waals surface area contributed by atoms with Gasteiger partial charge in [-0.05, 0) is 6.92 Å². The van der Waals surface area contributed by atoms with Crippen molar-refractivity contribution in [2.45, 2.75) is 42.4 Å². The minimum Gasteiger partial charge on any atom is -0.394 e. The Bertz CT molecular complexity index is 223. The Balaban J connectivity index is 2.92. The number of hydrogen-bond acceptors (Lipinski definition) is 7. The van der Waals surface area contributed by atoms with Crippen LogP contribution in [0.1, 0.15) is 6.92 Å². The van der Waals surface area contributed by atoms with Crippen LogP contribution >= 0.6 is 12.6 Å². The van der Waals surface area contributed by atoms with Gasteiger partial charge in [-0.15, -0.1) is 0 Å². The SMILES string of the molecule is CC(S)[C@@]1(O)O[C@H](CO)[C@@H](O)[C@H](O)[C@@H]1O. The lowest BCUT2D eigenvalue weighted by Gasteiger charge is -2.46. The third-order valence-electron chi connectivity index (χ3n) is 2.60. The average molecular weight is 240 g/mol. The minimum atomic E-state index is -2.09. The molecular formula is C8H16O6S. The maximum atomic E-state index is 9.88. The fourth-order valence-electron chi connectivity index (χ4n) is 1.52. The lowest BCUT2D eigenvalue weighted by atomic mass is 9.91. The molecular weight excluding hydrogens is 224 g/mol. The Morgan fingerprint density at radius 3 is 2.27 bits per heavy atom. The zero-order valence-electron chi connectivity index (χ0n) is 8.19. The van der Waals surface area contributed by atoms with Gasteiger partial charge in [-0.2, -0.15) is 12.6 Å². The van der Waals surface area contributed by atoms with Crippen LogP contribution in [-0.2, 0) is 4.74 Å². The van der Waals surface area contributed by atoms with Crippen LogP contribution in [0.15, 0.2) is 0 Å². The molecule has 6 nitrogen and oxygen atoms in total. The van der Waals surface area contributed by atoms with E-state index in [1.165, 1.54) is 6.92 Å². The second-order valence-electron chi connectivity index (χ2n) is 3.69. The molecule has 1 saturated heterocycles. The van der Waals surface area contributed by atoms with Gasteiger partial charge in [0.1, 0.15) is 24.4 Å². The van der Waals surface area contributed by atoms with Gasteiger partial charge in [0, 0.05) is 0 Å². The highest BCUT2D eigenvalue weighted by Crippen LogP contribution is 2.32. The van der Waals surface area contributed by atoms with Gasteiger partial charge in [0.2, 0.25) is 5.79 Å². The minimum absolute atomic E-state index is 0.576. The molecule has 0 amide bonds. The van der Waals surface area contributed by atoms with Crippen LogP contribution in [0.3, 0.4) is 0 Å². The molecule has 1 aliphatic rings. The first-order chi connectivity index (χ1) is 6.84. The van der Waals surface area contributed by atoms with Crippen molar-refractivity contribution >= 4 is 12.6 Å². The van der Waals surface area contributed by atoms with E-state index in [1.807, 2.05) is 0 Å². The van der Waals surface area contributed by atoms with Crippen LogP contribution in [0.5, 0.6) is 0 Å². The smallest absolute Gasteiger partial charge is 0.206 e. The zero-order chi connectivity index (χ0) is 11.8. The molecule has 1 fully saturated rings. The van der Waals surface area contributed by atoms with E-state index in [1.54, 1.807) is 0 Å². The van der Waals surface area contributed by atoms with Crippen molar-refractivity contribution in [1.82, 2.24) is 0 Å². The van der Waals surface area contributed by atoms with Crippen LogP contribution in [0.25, 0.3) is 0 Å². The molecule has 0 aromatic heterocycles. The van der Waals surface area contributed by atoms with E-state index >= 15 is 0 Å². The zero-order valence-corrected chi connectivity index (χ0v) is 9.08. The van der Waals surface area contributed by atoms with E-state index in [2.05, 4.69) is 12.6 Å². The molecule has 1 rings (SSSR count). The summed E-state index contributed by atoms with van der Waals surface area (Å²) >= 11 is 3.93. The summed E-state index contributed by atoms with van der Waals surface area (Å²) in [5.74, 6) is -2.09. The maximum absolute atomic E-state index is 9.88. The molecule has 0 aromatic rings. The van der Waals surface area contributed by atoms with Crippen molar-refractivity contribution < 1.29 is 30.3 Å². The lowest BCUT2D eigenvalue weighted by molar-refractivity contribution is -0.347. The Labute approximate surface area is 92.5 Å². The molecule has 6 atom stereocenters. The molecule has 1 unspecified atom stereocenters. The fourth-order valence-corrected chi connectivity index (χ4v) is 1.74. The number of aliphatic hydroxyl groups excluding tert-OH is 4. The highest BCUT2D eigenvalue weighted by molar-refractivity contribution is 7.81. The summed E-state index contributed by atoms with van der Waals surface area (Å²) < 4.78 is 4.95. The van der Waals surface area contributed by atoms with Gasteiger partial charge in [-0.3, -0.25) is 0 Å². The normalized spacial score (nSPS) is 49.0. The van der Waals surface area contributed by atoms with Crippen molar-refractivity contribution in [3.63, 3.8) is 0 Å². The summed E-state index contributed by atoms with van der Waals surface area (Å²) in [5.41, 5.74) is 0. The summed E-state index contributed by atoms with van der Waals surface area (Å²) in [6, 6.07) is 0. The van der Waals surface area contributed by atoms with Gasteiger partial charge in [-0.1, -0.05) is 0 Å². The van der Waals surface area contributed by atoms with Crippen molar-refractivity contribution in [3.05, 3.63) is 0 Å². The van der Waals surface area contributed by atoms with E-state index < -0.39 is 42.1 Å². The van der Waals surface area contributed by atoms with Crippen molar-refractivity contribution in [3.8, 4) is 0 Å². The highest BCUT2D eigenvalue weighted by Gasteiger charge is 2.54. The molecule has 0 bridgehead atoms. The van der Waals surface area contributed by atoms with E-state index in [9.17, 15) is 20.4 Å². The summed E-state index contributed by atoms with van der Waals surface area (Å²) in [6.45, 7) is 0.888. The topological polar surface area (TPSA) is 110 Å². The van der Waals surface area contributed by atoms with Crippen molar-refractivity contribution in [1.29, 1.82) is 0 Å². The monoisotopic (exact) mass is 240 g/mol. The average Bonchev–Trinajstić information content (AvgIpc) is 2.20. The maximum Gasteiger partial charge on any atom is 0.206 e. The predicted octanol–water partition coefficient (Wildman–Crippen LogP) is -2.53. The third kappa shape index (κ3) is 2.14. The summed E-state index contributed by atoms with van der Waals surface area (Å²) in [6.07, 6.45) is -5.86. The second-order valence-corrected chi connectivity index (χ2v) is 4.47. The first-order valence-electron chi connectivity index (χ1n) is 4.58. The van der Waals surface area contributed by atoms with Gasteiger partial charge in [0.25, 0.3) is 0 Å². The molecule has 0 aromatic carbocycles. The first kappa shape index (κ1) is 13.2. The molecule has 0 saturated carbocycles. The van der Waals surface area contributed by atoms with E-state index in [0.29, 0.717) is 0 Å².